The average molecular weight is 176 g/mol. The average Bonchev–Trinajstić information content (AvgIpc) is 2.45. The second kappa shape index (κ2) is 3.85. The van der Waals surface area contributed by atoms with Crippen molar-refractivity contribution in [3.8, 4) is 6.07 Å². The molecule has 4 heteroatoms. The zero-order valence-electron chi connectivity index (χ0n) is 7.91. The highest BCUT2D eigenvalue weighted by Gasteiger charge is 2.09. The molecule has 0 radical (unpaired) electrons. The number of rotatable bonds is 3. The molecule has 0 saturated carbocycles. The Labute approximate surface area is 77.5 Å². The van der Waals surface area contributed by atoms with Gasteiger partial charge in [0.2, 0.25) is 0 Å². The predicted molar refractivity (Wildman–Crippen MR) is 48.9 cm³/mol. The normalized spacial score (nSPS) is 9.62. The van der Waals surface area contributed by atoms with Crippen LogP contribution in [0.25, 0.3) is 0 Å². The molecule has 0 unspecified atom stereocenters. The van der Waals surface area contributed by atoms with E-state index in [0.29, 0.717) is 12.2 Å². The van der Waals surface area contributed by atoms with Gasteiger partial charge in [-0.2, -0.15) is 5.26 Å². The number of hydrogen-bond acceptors (Lipinski definition) is 3. The fourth-order valence-corrected chi connectivity index (χ4v) is 1.15. The summed E-state index contributed by atoms with van der Waals surface area (Å²) in [6, 6.07) is 2.02. The lowest BCUT2D eigenvalue weighted by Crippen LogP contribution is -2.05. The van der Waals surface area contributed by atoms with Crippen LogP contribution >= 0.6 is 0 Å². The van der Waals surface area contributed by atoms with E-state index in [-0.39, 0.29) is 0 Å². The van der Waals surface area contributed by atoms with Gasteiger partial charge in [-0.25, -0.2) is 4.68 Å². The molecule has 4 nitrogen and oxygen atoms in total. The number of nitrogens with zero attached hydrogens (tertiary/aromatic N) is 4. The molecule has 0 aliphatic rings. The van der Waals surface area contributed by atoms with Crippen molar-refractivity contribution < 1.29 is 0 Å². The highest BCUT2D eigenvalue weighted by atomic mass is 15.4. The van der Waals surface area contributed by atoms with Crippen LogP contribution < -0.4 is 0 Å². The minimum Gasteiger partial charge on any atom is -0.244 e. The van der Waals surface area contributed by atoms with E-state index >= 15 is 0 Å². The van der Waals surface area contributed by atoms with E-state index in [0.717, 1.165) is 17.7 Å². The van der Waals surface area contributed by atoms with Crippen LogP contribution in [0.5, 0.6) is 0 Å². The van der Waals surface area contributed by atoms with Gasteiger partial charge in [-0.05, 0) is 13.3 Å². The minimum absolute atomic E-state index is 0.420. The Kier molecular flexibility index (Phi) is 2.80. The van der Waals surface area contributed by atoms with Gasteiger partial charge in [-0.1, -0.05) is 24.3 Å². The summed E-state index contributed by atoms with van der Waals surface area (Å²) >= 11 is 0. The molecule has 13 heavy (non-hydrogen) atoms. The van der Waals surface area contributed by atoms with Crippen LogP contribution in [0, 0.1) is 11.3 Å². The van der Waals surface area contributed by atoms with Crippen molar-refractivity contribution in [1.82, 2.24) is 15.0 Å². The quantitative estimate of drug-likeness (QED) is 0.652. The molecule has 1 rings (SSSR count). The van der Waals surface area contributed by atoms with Crippen molar-refractivity contribution in [1.29, 1.82) is 5.26 Å². The van der Waals surface area contributed by atoms with Crippen LogP contribution in [-0.2, 0) is 13.0 Å². The van der Waals surface area contributed by atoms with Crippen molar-refractivity contribution in [2.24, 2.45) is 0 Å². The SMILES string of the molecule is C=C(C)Cn1nnc(C#N)c1CC. The third kappa shape index (κ3) is 1.94. The van der Waals surface area contributed by atoms with Crippen molar-refractivity contribution in [3.63, 3.8) is 0 Å². The van der Waals surface area contributed by atoms with Crippen LogP contribution in [0.3, 0.4) is 0 Å². The van der Waals surface area contributed by atoms with Gasteiger partial charge in [0.15, 0.2) is 5.69 Å². The first kappa shape index (κ1) is 9.46. The molecular weight excluding hydrogens is 164 g/mol. The van der Waals surface area contributed by atoms with Gasteiger partial charge < -0.3 is 0 Å². The molecule has 0 aromatic carbocycles. The van der Waals surface area contributed by atoms with Gasteiger partial charge in [0, 0.05) is 0 Å². The van der Waals surface area contributed by atoms with Gasteiger partial charge in [0.25, 0.3) is 0 Å². The van der Waals surface area contributed by atoms with E-state index in [1.54, 1.807) is 4.68 Å². The molecule has 1 aromatic rings. The van der Waals surface area contributed by atoms with E-state index in [1.807, 2.05) is 19.9 Å². The second-order valence-corrected chi connectivity index (χ2v) is 2.96. The number of aromatic nitrogens is 3. The lowest BCUT2D eigenvalue weighted by Gasteiger charge is -2.02. The Hall–Kier alpha value is -1.63. The second-order valence-electron chi connectivity index (χ2n) is 2.96. The monoisotopic (exact) mass is 176 g/mol. The molecule has 0 bridgehead atoms. The fraction of sp³-hybridized carbons (Fsp3) is 0.444. The van der Waals surface area contributed by atoms with Crippen LogP contribution in [0.2, 0.25) is 0 Å². The van der Waals surface area contributed by atoms with Crippen molar-refractivity contribution >= 4 is 0 Å². The maximum atomic E-state index is 8.71. The summed E-state index contributed by atoms with van der Waals surface area (Å²) in [5, 5.41) is 16.4. The third-order valence-electron chi connectivity index (χ3n) is 1.70. The zero-order chi connectivity index (χ0) is 9.84. The number of nitriles is 1. The molecule has 0 spiro atoms. The van der Waals surface area contributed by atoms with Gasteiger partial charge in [-0.15, -0.1) is 5.10 Å². The van der Waals surface area contributed by atoms with Crippen molar-refractivity contribution in [2.45, 2.75) is 26.8 Å². The zero-order valence-corrected chi connectivity index (χ0v) is 7.91. The van der Waals surface area contributed by atoms with Gasteiger partial charge in [0.1, 0.15) is 6.07 Å². The van der Waals surface area contributed by atoms with Gasteiger partial charge in [0.05, 0.1) is 12.2 Å². The topological polar surface area (TPSA) is 54.5 Å². The Morgan fingerprint density at radius 1 is 1.69 bits per heavy atom. The molecule has 0 fully saturated rings. The Morgan fingerprint density at radius 3 is 2.85 bits per heavy atom. The van der Waals surface area contributed by atoms with E-state index in [4.69, 9.17) is 5.26 Å². The summed E-state index contributed by atoms with van der Waals surface area (Å²) < 4.78 is 1.72. The molecule has 0 aliphatic carbocycles. The summed E-state index contributed by atoms with van der Waals surface area (Å²) in [4.78, 5) is 0. The number of allylic oxidation sites excluding steroid dienone is 1. The Morgan fingerprint density at radius 2 is 2.38 bits per heavy atom. The highest BCUT2D eigenvalue weighted by Crippen LogP contribution is 2.06. The summed E-state index contributed by atoms with van der Waals surface area (Å²) in [5.74, 6) is 0. The third-order valence-corrected chi connectivity index (χ3v) is 1.70. The maximum absolute atomic E-state index is 8.71. The largest absolute Gasteiger partial charge is 0.244 e. The first-order valence-electron chi connectivity index (χ1n) is 4.15. The minimum atomic E-state index is 0.420. The molecular formula is C9H12N4. The summed E-state index contributed by atoms with van der Waals surface area (Å²) in [6.07, 6.45) is 0.767. The molecule has 0 amide bonds. The standard InChI is InChI=1S/C9H12N4/c1-4-9-8(5-10)11-12-13(9)6-7(2)3/h2,4,6H2,1,3H3. The first-order valence-corrected chi connectivity index (χ1v) is 4.15. The molecule has 0 N–H and O–H groups in total. The van der Waals surface area contributed by atoms with Crippen LogP contribution in [0.1, 0.15) is 25.2 Å². The molecule has 68 valence electrons. The van der Waals surface area contributed by atoms with E-state index in [2.05, 4.69) is 16.9 Å². The van der Waals surface area contributed by atoms with Gasteiger partial charge in [-0.3, -0.25) is 0 Å². The van der Waals surface area contributed by atoms with Gasteiger partial charge >= 0.3 is 0 Å². The fourth-order valence-electron chi connectivity index (χ4n) is 1.15. The van der Waals surface area contributed by atoms with E-state index in [9.17, 15) is 0 Å². The van der Waals surface area contributed by atoms with E-state index < -0.39 is 0 Å². The first-order chi connectivity index (χ1) is 6.19. The smallest absolute Gasteiger partial charge is 0.185 e. The predicted octanol–water partition coefficient (Wildman–Crippen LogP) is 1.29. The van der Waals surface area contributed by atoms with Crippen LogP contribution in [0.4, 0.5) is 0 Å². The summed E-state index contributed by atoms with van der Waals surface area (Å²) in [6.45, 7) is 8.33. The lowest BCUT2D eigenvalue weighted by molar-refractivity contribution is 0.616. The van der Waals surface area contributed by atoms with Crippen LogP contribution in [-0.4, -0.2) is 15.0 Å². The van der Waals surface area contributed by atoms with Crippen molar-refractivity contribution in [2.75, 3.05) is 0 Å². The Bertz CT molecular complexity index is 356. The summed E-state index contributed by atoms with van der Waals surface area (Å²) in [7, 11) is 0. The molecule has 1 heterocycles. The van der Waals surface area contributed by atoms with Crippen LogP contribution in [0.15, 0.2) is 12.2 Å². The highest BCUT2D eigenvalue weighted by molar-refractivity contribution is 5.24. The molecule has 0 atom stereocenters. The maximum Gasteiger partial charge on any atom is 0.185 e. The molecule has 0 aliphatic heterocycles. The van der Waals surface area contributed by atoms with Crippen molar-refractivity contribution in [3.05, 3.63) is 23.5 Å². The Balaban J connectivity index is 3.02. The molecule has 0 saturated heterocycles. The van der Waals surface area contributed by atoms with E-state index in [1.165, 1.54) is 0 Å². The molecule has 1 aromatic heterocycles. The summed E-state index contributed by atoms with van der Waals surface area (Å²) in [5.41, 5.74) is 2.30. The lowest BCUT2D eigenvalue weighted by atomic mass is 10.2. The number of hydrogen-bond donors (Lipinski definition) is 0.